The summed E-state index contributed by atoms with van der Waals surface area (Å²) in [4.78, 5) is 26.4. The summed E-state index contributed by atoms with van der Waals surface area (Å²) < 4.78 is 0. The highest BCUT2D eigenvalue weighted by molar-refractivity contribution is 7.14. The van der Waals surface area contributed by atoms with Gasteiger partial charge in [0.1, 0.15) is 4.88 Å². The van der Waals surface area contributed by atoms with Crippen molar-refractivity contribution in [2.24, 2.45) is 0 Å². The Morgan fingerprint density at radius 3 is 2.00 bits per heavy atom. The van der Waals surface area contributed by atoms with Crippen LogP contribution in [0.15, 0.2) is 12.1 Å². The molecule has 0 saturated carbocycles. The minimum Gasteiger partial charge on any atom is -0.477 e. The molecule has 0 aromatic carbocycles. The molecular formula is C18H17BO3S2. The van der Waals surface area contributed by atoms with Crippen LogP contribution < -0.4 is 0 Å². The summed E-state index contributed by atoms with van der Waals surface area (Å²) in [5, 5.41) is 9.23. The van der Waals surface area contributed by atoms with Crippen LogP contribution in [0.3, 0.4) is 0 Å². The van der Waals surface area contributed by atoms with E-state index in [9.17, 15) is 14.7 Å². The summed E-state index contributed by atoms with van der Waals surface area (Å²) in [5.74, 6) is -0.911. The average molecular weight is 356 g/mol. The van der Waals surface area contributed by atoms with Crippen molar-refractivity contribution in [3.05, 3.63) is 42.8 Å². The van der Waals surface area contributed by atoms with E-state index in [0.717, 1.165) is 40.1 Å². The largest absolute Gasteiger partial charge is 0.477 e. The maximum absolute atomic E-state index is 11.9. The lowest BCUT2D eigenvalue weighted by molar-refractivity contribution is 0.0702. The lowest BCUT2D eigenvalue weighted by Crippen LogP contribution is -1.93. The molecule has 3 nitrogen and oxygen atoms in total. The van der Waals surface area contributed by atoms with Gasteiger partial charge < -0.3 is 5.11 Å². The Kier molecular flexibility index (Phi) is 4.79. The highest BCUT2D eigenvalue weighted by Crippen LogP contribution is 2.44. The molecule has 1 aliphatic carbocycles. The minimum absolute atomic E-state index is 0.0247. The van der Waals surface area contributed by atoms with Crippen molar-refractivity contribution in [3.8, 4) is 0 Å². The second-order valence-corrected chi connectivity index (χ2v) is 8.42. The minimum atomic E-state index is -0.878. The van der Waals surface area contributed by atoms with Gasteiger partial charge >= 0.3 is 5.97 Å². The van der Waals surface area contributed by atoms with Gasteiger partial charge in [0, 0.05) is 9.75 Å². The Bertz CT molecular complexity index is 858. The van der Waals surface area contributed by atoms with Crippen LogP contribution in [0.1, 0.15) is 59.5 Å². The Morgan fingerprint density at radius 1 is 1.04 bits per heavy atom. The Morgan fingerprint density at radius 2 is 1.54 bits per heavy atom. The van der Waals surface area contributed by atoms with Gasteiger partial charge in [0.15, 0.2) is 5.78 Å². The molecule has 0 atom stereocenters. The molecule has 0 fully saturated rings. The zero-order valence-electron chi connectivity index (χ0n) is 13.6. The molecular weight excluding hydrogens is 339 g/mol. The first-order chi connectivity index (χ1) is 11.4. The van der Waals surface area contributed by atoms with Crippen molar-refractivity contribution in [1.29, 1.82) is 0 Å². The Labute approximate surface area is 150 Å². The molecule has 0 saturated heterocycles. The van der Waals surface area contributed by atoms with Gasteiger partial charge in [-0.2, -0.15) is 0 Å². The number of carbonyl (C=O) groups is 2. The molecule has 2 radical (unpaired) electrons. The highest BCUT2D eigenvalue weighted by Gasteiger charge is 2.24. The van der Waals surface area contributed by atoms with E-state index in [-0.39, 0.29) is 12.1 Å². The molecule has 122 valence electrons. The summed E-state index contributed by atoms with van der Waals surface area (Å²) in [6, 6.07) is 3.74. The maximum atomic E-state index is 11.9. The van der Waals surface area contributed by atoms with Gasteiger partial charge in [-0.3, -0.25) is 4.79 Å². The van der Waals surface area contributed by atoms with Gasteiger partial charge in [-0.1, -0.05) is 0 Å². The molecule has 1 N–H and O–H groups in total. The first-order valence-corrected chi connectivity index (χ1v) is 9.45. The quantitative estimate of drug-likeness (QED) is 0.607. The molecule has 2 heterocycles. The number of hydrogen-bond donors (Lipinski definition) is 1. The smallest absolute Gasteiger partial charge is 0.345 e. The number of allylic oxidation sites excluding steroid dienone is 2. The van der Waals surface area contributed by atoms with Gasteiger partial charge in [0.2, 0.25) is 0 Å². The predicted octanol–water partition coefficient (Wildman–Crippen LogP) is 4.99. The van der Waals surface area contributed by atoms with E-state index in [0.29, 0.717) is 9.75 Å². The molecule has 0 aliphatic heterocycles. The molecule has 2 aromatic rings. The zero-order valence-corrected chi connectivity index (χ0v) is 15.3. The molecule has 2 aromatic heterocycles. The first kappa shape index (κ1) is 17.2. The number of carboxylic acids is 1. The van der Waals surface area contributed by atoms with Gasteiger partial charge in [-0.25, -0.2) is 4.79 Å². The van der Waals surface area contributed by atoms with Crippen LogP contribution in [-0.4, -0.2) is 24.7 Å². The molecule has 1 aliphatic rings. The van der Waals surface area contributed by atoms with Crippen molar-refractivity contribution in [2.45, 2.75) is 39.4 Å². The van der Waals surface area contributed by atoms with Crippen LogP contribution >= 0.6 is 22.7 Å². The summed E-state index contributed by atoms with van der Waals surface area (Å²) >= 11 is 2.81. The monoisotopic (exact) mass is 356 g/mol. The van der Waals surface area contributed by atoms with Gasteiger partial charge in [-0.05, 0) is 73.8 Å². The third kappa shape index (κ3) is 3.00. The fourth-order valence-corrected chi connectivity index (χ4v) is 5.13. The normalized spacial score (nSPS) is 14.4. The highest BCUT2D eigenvalue weighted by atomic mass is 32.1. The molecule has 0 bridgehead atoms. The molecule has 0 spiro atoms. The van der Waals surface area contributed by atoms with Gasteiger partial charge in [0.05, 0.1) is 12.7 Å². The standard InChI is InChI=1S/C18H17BO3S2/c1-9-13(6-16(23-9)15(20)8-19)11-4-3-5-12(11)14-7-17(18(21)22)24-10(14)2/h6-7H,3-5,8H2,1-2H3,(H,21,22). The fraction of sp³-hybridized carbons (Fsp3) is 0.333. The number of thiophene rings is 2. The van der Waals surface area contributed by atoms with E-state index < -0.39 is 5.97 Å². The summed E-state index contributed by atoms with van der Waals surface area (Å²) in [7, 11) is 5.48. The van der Waals surface area contributed by atoms with Gasteiger partial charge in [0.25, 0.3) is 0 Å². The fourth-order valence-electron chi connectivity index (χ4n) is 3.24. The third-order valence-corrected chi connectivity index (χ3v) is 6.50. The number of aryl methyl sites for hydroxylation is 2. The predicted molar refractivity (Wildman–Crippen MR) is 101 cm³/mol. The number of aromatic carboxylic acids is 1. The lowest BCUT2D eigenvalue weighted by atomic mass is 9.96. The van der Waals surface area contributed by atoms with Crippen LogP contribution in [0.25, 0.3) is 11.1 Å². The van der Waals surface area contributed by atoms with Gasteiger partial charge in [-0.15, -0.1) is 22.7 Å². The van der Waals surface area contributed by atoms with Crippen molar-refractivity contribution in [2.75, 3.05) is 0 Å². The first-order valence-electron chi connectivity index (χ1n) is 7.82. The van der Waals surface area contributed by atoms with Crippen molar-refractivity contribution < 1.29 is 14.7 Å². The van der Waals surface area contributed by atoms with Crippen LogP contribution in [0.2, 0.25) is 6.32 Å². The summed E-state index contributed by atoms with van der Waals surface area (Å²) in [6.07, 6.45) is 2.98. The average Bonchev–Trinajstić information content (AvgIpc) is 3.23. The van der Waals surface area contributed by atoms with E-state index in [1.807, 2.05) is 19.9 Å². The summed E-state index contributed by atoms with van der Waals surface area (Å²) in [6.45, 7) is 4.00. The Balaban J connectivity index is 2.09. The molecule has 0 amide bonds. The number of rotatable bonds is 5. The van der Waals surface area contributed by atoms with E-state index in [4.69, 9.17) is 7.85 Å². The van der Waals surface area contributed by atoms with Crippen LogP contribution in [-0.2, 0) is 0 Å². The second kappa shape index (κ2) is 6.69. The molecule has 24 heavy (non-hydrogen) atoms. The van der Waals surface area contributed by atoms with Crippen LogP contribution in [0.5, 0.6) is 0 Å². The zero-order chi connectivity index (χ0) is 17.4. The third-order valence-electron chi connectivity index (χ3n) is 4.37. The lowest BCUT2D eigenvalue weighted by Gasteiger charge is -2.07. The number of carboxylic acid groups (broad SMARTS) is 1. The van der Waals surface area contributed by atoms with E-state index in [2.05, 4.69) is 0 Å². The number of Topliss-reactive ketones (excluding diaryl/α,β-unsaturated/α-hetero) is 1. The topological polar surface area (TPSA) is 54.4 Å². The maximum Gasteiger partial charge on any atom is 0.345 e. The van der Waals surface area contributed by atoms with Crippen molar-refractivity contribution >= 4 is 53.4 Å². The number of carbonyl (C=O) groups excluding carboxylic acids is 1. The summed E-state index contributed by atoms with van der Waals surface area (Å²) in [5.41, 5.74) is 4.63. The van der Waals surface area contributed by atoms with Crippen molar-refractivity contribution in [3.63, 3.8) is 0 Å². The number of ketones is 1. The molecule has 0 unspecified atom stereocenters. The molecule has 6 heteroatoms. The molecule has 3 rings (SSSR count). The van der Waals surface area contributed by atoms with Crippen LogP contribution in [0.4, 0.5) is 0 Å². The SMILES string of the molecule is [B]CC(=O)c1cc(C2=C(c3cc(C(=O)O)sc3C)CCC2)c(C)s1. The van der Waals surface area contributed by atoms with E-state index in [1.165, 1.54) is 33.8 Å². The van der Waals surface area contributed by atoms with Crippen LogP contribution in [0, 0.1) is 13.8 Å². The van der Waals surface area contributed by atoms with E-state index >= 15 is 0 Å². The van der Waals surface area contributed by atoms with Crippen molar-refractivity contribution in [1.82, 2.24) is 0 Å². The van der Waals surface area contributed by atoms with E-state index in [1.54, 1.807) is 6.07 Å². The second-order valence-electron chi connectivity index (χ2n) is 5.90. The Hall–Kier alpha value is -1.66. The number of hydrogen-bond acceptors (Lipinski definition) is 4.